The van der Waals surface area contributed by atoms with Crippen LogP contribution in [0.2, 0.25) is 0 Å². The number of anilines is 1. The van der Waals surface area contributed by atoms with Gasteiger partial charge in [-0.3, -0.25) is 9.78 Å². The minimum atomic E-state index is -0.161. The Morgan fingerprint density at radius 3 is 2.56 bits per heavy atom. The highest BCUT2D eigenvalue weighted by molar-refractivity contribution is 5.92. The summed E-state index contributed by atoms with van der Waals surface area (Å²) in [7, 11) is 0. The largest absolute Gasteiger partial charge is 0.330 e. The third-order valence-corrected chi connectivity index (χ3v) is 2.69. The summed E-state index contributed by atoms with van der Waals surface area (Å²) in [4.78, 5) is 16.2. The topological polar surface area (TPSA) is 68.0 Å². The second kappa shape index (κ2) is 5.96. The van der Waals surface area contributed by atoms with E-state index in [1.165, 1.54) is 0 Å². The molecule has 0 aliphatic rings. The first-order valence-corrected chi connectivity index (χ1v) is 6.25. The van der Waals surface area contributed by atoms with Crippen molar-refractivity contribution in [3.63, 3.8) is 0 Å². The summed E-state index contributed by atoms with van der Waals surface area (Å²) in [5.41, 5.74) is 7.42. The van der Waals surface area contributed by atoms with E-state index in [4.69, 9.17) is 5.73 Å². The van der Waals surface area contributed by atoms with Gasteiger partial charge in [0.15, 0.2) is 0 Å². The summed E-state index contributed by atoms with van der Waals surface area (Å²) in [6.07, 6.45) is 2.44. The zero-order valence-corrected chi connectivity index (χ0v) is 11.7. The second-order valence-electron chi connectivity index (χ2n) is 5.87. The fraction of sp³-hybridized carbons (Fsp3) is 0.571. The van der Waals surface area contributed by atoms with Gasteiger partial charge in [-0.25, -0.2) is 0 Å². The Labute approximate surface area is 109 Å². The summed E-state index contributed by atoms with van der Waals surface area (Å²) in [6, 6.07) is 3.72. The minimum absolute atomic E-state index is 0.0296. The lowest BCUT2D eigenvalue weighted by Crippen LogP contribution is -2.32. The van der Waals surface area contributed by atoms with Gasteiger partial charge in [0.05, 0.1) is 17.8 Å². The highest BCUT2D eigenvalue weighted by Gasteiger charge is 2.23. The molecule has 18 heavy (non-hydrogen) atoms. The van der Waals surface area contributed by atoms with E-state index in [0.717, 1.165) is 17.8 Å². The first-order chi connectivity index (χ1) is 8.31. The standard InChI is InChI=1S/C14H23N3O/c1-10-5-6-12(9-16-10)17-13(18)11(8-15)7-14(2,3)4/h5-6,9,11H,7-8,15H2,1-4H3,(H,17,18). The highest BCUT2D eigenvalue weighted by Crippen LogP contribution is 2.24. The van der Waals surface area contributed by atoms with Gasteiger partial charge in [0.1, 0.15) is 0 Å². The summed E-state index contributed by atoms with van der Waals surface area (Å²) in [6.45, 7) is 8.60. The van der Waals surface area contributed by atoms with Gasteiger partial charge >= 0.3 is 0 Å². The number of aromatic nitrogens is 1. The van der Waals surface area contributed by atoms with Crippen molar-refractivity contribution in [1.82, 2.24) is 4.98 Å². The number of hydrogen-bond donors (Lipinski definition) is 2. The zero-order chi connectivity index (χ0) is 13.8. The van der Waals surface area contributed by atoms with E-state index in [1.807, 2.05) is 19.1 Å². The minimum Gasteiger partial charge on any atom is -0.330 e. The number of pyridine rings is 1. The average Bonchev–Trinajstić information content (AvgIpc) is 2.27. The van der Waals surface area contributed by atoms with E-state index >= 15 is 0 Å². The molecule has 0 saturated carbocycles. The molecule has 4 nitrogen and oxygen atoms in total. The second-order valence-corrected chi connectivity index (χ2v) is 5.87. The van der Waals surface area contributed by atoms with Crippen molar-refractivity contribution in [1.29, 1.82) is 0 Å². The third kappa shape index (κ3) is 4.84. The van der Waals surface area contributed by atoms with Crippen LogP contribution >= 0.6 is 0 Å². The van der Waals surface area contributed by atoms with Gasteiger partial charge < -0.3 is 11.1 Å². The molecule has 1 aromatic rings. The molecule has 1 unspecified atom stereocenters. The lowest BCUT2D eigenvalue weighted by atomic mass is 9.84. The van der Waals surface area contributed by atoms with Crippen molar-refractivity contribution in [2.24, 2.45) is 17.1 Å². The molecule has 0 fully saturated rings. The summed E-state index contributed by atoms with van der Waals surface area (Å²) < 4.78 is 0. The molecular weight excluding hydrogens is 226 g/mol. The van der Waals surface area contributed by atoms with Crippen LogP contribution < -0.4 is 11.1 Å². The molecule has 4 heteroatoms. The maximum Gasteiger partial charge on any atom is 0.228 e. The molecule has 0 aliphatic carbocycles. The molecule has 0 spiro atoms. The lowest BCUT2D eigenvalue weighted by molar-refractivity contribution is -0.120. The van der Waals surface area contributed by atoms with Crippen LogP contribution in [0.5, 0.6) is 0 Å². The molecule has 0 aliphatic heterocycles. The van der Waals surface area contributed by atoms with Crippen LogP contribution in [0.3, 0.4) is 0 Å². The van der Waals surface area contributed by atoms with Crippen LogP contribution in [-0.4, -0.2) is 17.4 Å². The van der Waals surface area contributed by atoms with Gasteiger partial charge in [-0.2, -0.15) is 0 Å². The Bertz CT molecular complexity index is 392. The quantitative estimate of drug-likeness (QED) is 0.860. The molecule has 1 atom stereocenters. The average molecular weight is 249 g/mol. The van der Waals surface area contributed by atoms with Crippen molar-refractivity contribution in [2.45, 2.75) is 34.1 Å². The molecule has 0 saturated heterocycles. The first-order valence-electron chi connectivity index (χ1n) is 6.25. The summed E-state index contributed by atoms with van der Waals surface area (Å²) >= 11 is 0. The van der Waals surface area contributed by atoms with Gasteiger partial charge in [0, 0.05) is 12.2 Å². The van der Waals surface area contributed by atoms with Crippen LogP contribution in [0.4, 0.5) is 5.69 Å². The lowest BCUT2D eigenvalue weighted by Gasteiger charge is -2.24. The van der Waals surface area contributed by atoms with Crippen LogP contribution in [-0.2, 0) is 4.79 Å². The molecule has 3 N–H and O–H groups in total. The van der Waals surface area contributed by atoms with Crippen molar-refractivity contribution in [2.75, 3.05) is 11.9 Å². The number of nitrogens with one attached hydrogen (secondary N) is 1. The Morgan fingerprint density at radius 1 is 1.44 bits per heavy atom. The van der Waals surface area contributed by atoms with E-state index in [-0.39, 0.29) is 17.2 Å². The van der Waals surface area contributed by atoms with Gasteiger partial charge in [-0.15, -0.1) is 0 Å². The number of carbonyl (C=O) groups excluding carboxylic acids is 1. The number of rotatable bonds is 4. The Balaban J connectivity index is 2.65. The predicted octanol–water partition coefficient (Wildman–Crippen LogP) is 2.34. The van der Waals surface area contributed by atoms with Crippen molar-refractivity contribution >= 4 is 11.6 Å². The number of aryl methyl sites for hydroxylation is 1. The van der Waals surface area contributed by atoms with Crippen LogP contribution in [0.25, 0.3) is 0 Å². The van der Waals surface area contributed by atoms with Crippen molar-refractivity contribution in [3.8, 4) is 0 Å². The summed E-state index contributed by atoms with van der Waals surface area (Å²) in [5.74, 6) is -0.190. The number of amides is 1. The van der Waals surface area contributed by atoms with E-state index in [2.05, 4.69) is 31.1 Å². The van der Waals surface area contributed by atoms with Gasteiger partial charge in [-0.05, 0) is 30.9 Å². The number of carbonyl (C=O) groups is 1. The molecule has 1 amide bonds. The molecule has 0 radical (unpaired) electrons. The smallest absolute Gasteiger partial charge is 0.228 e. The van der Waals surface area contributed by atoms with Gasteiger partial charge in [0.2, 0.25) is 5.91 Å². The van der Waals surface area contributed by atoms with Gasteiger partial charge in [0.25, 0.3) is 0 Å². The zero-order valence-electron chi connectivity index (χ0n) is 11.7. The van der Waals surface area contributed by atoms with E-state index < -0.39 is 0 Å². The normalized spacial score (nSPS) is 13.2. The molecule has 0 bridgehead atoms. The van der Waals surface area contributed by atoms with E-state index in [0.29, 0.717) is 6.54 Å². The Morgan fingerprint density at radius 2 is 2.11 bits per heavy atom. The van der Waals surface area contributed by atoms with Crippen LogP contribution in [0.1, 0.15) is 32.9 Å². The molecule has 0 aromatic carbocycles. The monoisotopic (exact) mass is 249 g/mol. The SMILES string of the molecule is Cc1ccc(NC(=O)C(CN)CC(C)(C)C)cn1. The third-order valence-electron chi connectivity index (χ3n) is 2.69. The fourth-order valence-corrected chi connectivity index (χ4v) is 1.81. The number of nitrogens with two attached hydrogens (primary N) is 1. The Hall–Kier alpha value is -1.42. The maximum absolute atomic E-state index is 12.1. The molecular formula is C14H23N3O. The Kier molecular flexibility index (Phi) is 4.84. The maximum atomic E-state index is 12.1. The summed E-state index contributed by atoms with van der Waals surface area (Å²) in [5, 5.41) is 2.86. The predicted molar refractivity (Wildman–Crippen MR) is 74.2 cm³/mol. The number of hydrogen-bond acceptors (Lipinski definition) is 3. The highest BCUT2D eigenvalue weighted by atomic mass is 16.1. The van der Waals surface area contributed by atoms with Crippen molar-refractivity contribution in [3.05, 3.63) is 24.0 Å². The molecule has 100 valence electrons. The van der Waals surface area contributed by atoms with Crippen LogP contribution in [0, 0.1) is 18.3 Å². The van der Waals surface area contributed by atoms with Crippen LogP contribution in [0.15, 0.2) is 18.3 Å². The molecule has 1 rings (SSSR count). The van der Waals surface area contributed by atoms with E-state index in [1.54, 1.807) is 6.20 Å². The molecule has 1 heterocycles. The fourth-order valence-electron chi connectivity index (χ4n) is 1.81. The van der Waals surface area contributed by atoms with Gasteiger partial charge in [-0.1, -0.05) is 20.8 Å². The number of nitrogens with zero attached hydrogens (tertiary/aromatic N) is 1. The molecule has 1 aromatic heterocycles. The van der Waals surface area contributed by atoms with Crippen molar-refractivity contribution < 1.29 is 4.79 Å². The first kappa shape index (κ1) is 14.6. The van der Waals surface area contributed by atoms with E-state index in [9.17, 15) is 4.79 Å².